The van der Waals surface area contributed by atoms with Gasteiger partial charge in [-0.2, -0.15) is 0 Å². The third kappa shape index (κ3) is 6.87. The number of halogens is 2. The summed E-state index contributed by atoms with van der Waals surface area (Å²) in [6, 6.07) is 10.6. The second kappa shape index (κ2) is 11.8. The smallest absolute Gasteiger partial charge is 0.261 e. The molecular formula is C26H32Cl2N2O3. The lowest BCUT2D eigenvalue weighted by Crippen LogP contribution is -2.52. The van der Waals surface area contributed by atoms with Crippen LogP contribution in [0.25, 0.3) is 0 Å². The SMILES string of the molecule is CC[C@@H](C(=O)NC1CCCC1)N(Cc1c(Cl)cccc1Cl)C(=O)COc1cc(C)cc(C)c1. The van der Waals surface area contributed by atoms with Crippen molar-refractivity contribution in [1.29, 1.82) is 0 Å². The van der Waals surface area contributed by atoms with Gasteiger partial charge in [-0.25, -0.2) is 0 Å². The average Bonchev–Trinajstić information content (AvgIpc) is 3.26. The van der Waals surface area contributed by atoms with Crippen LogP contribution in [0, 0.1) is 13.8 Å². The topological polar surface area (TPSA) is 58.6 Å². The van der Waals surface area contributed by atoms with Gasteiger partial charge in [0.1, 0.15) is 11.8 Å². The van der Waals surface area contributed by atoms with E-state index in [1.165, 1.54) is 0 Å². The van der Waals surface area contributed by atoms with Gasteiger partial charge in [0.05, 0.1) is 0 Å². The van der Waals surface area contributed by atoms with Crippen LogP contribution in [0.1, 0.15) is 55.7 Å². The molecule has 1 aliphatic carbocycles. The molecule has 33 heavy (non-hydrogen) atoms. The molecule has 1 N–H and O–H groups in total. The van der Waals surface area contributed by atoms with Gasteiger partial charge in [0.25, 0.3) is 5.91 Å². The first-order valence-electron chi connectivity index (χ1n) is 11.5. The van der Waals surface area contributed by atoms with Crippen LogP contribution in [-0.4, -0.2) is 35.4 Å². The summed E-state index contributed by atoms with van der Waals surface area (Å²) < 4.78 is 5.83. The number of rotatable bonds is 9. The number of amides is 2. The first kappa shape index (κ1) is 25.4. The normalized spacial score (nSPS) is 14.7. The van der Waals surface area contributed by atoms with Gasteiger partial charge in [-0.3, -0.25) is 9.59 Å². The van der Waals surface area contributed by atoms with E-state index in [-0.39, 0.29) is 31.0 Å². The molecule has 0 saturated heterocycles. The zero-order valence-electron chi connectivity index (χ0n) is 19.5. The fourth-order valence-corrected chi connectivity index (χ4v) is 4.90. The quantitative estimate of drug-likeness (QED) is 0.479. The minimum absolute atomic E-state index is 0.129. The van der Waals surface area contributed by atoms with E-state index in [4.69, 9.17) is 27.9 Å². The molecule has 3 rings (SSSR count). The van der Waals surface area contributed by atoms with E-state index in [2.05, 4.69) is 5.32 Å². The molecule has 7 heteroatoms. The van der Waals surface area contributed by atoms with Crippen LogP contribution in [-0.2, 0) is 16.1 Å². The summed E-state index contributed by atoms with van der Waals surface area (Å²) in [5.74, 6) is 0.186. The minimum Gasteiger partial charge on any atom is -0.484 e. The van der Waals surface area contributed by atoms with Crippen molar-refractivity contribution < 1.29 is 14.3 Å². The third-order valence-electron chi connectivity index (χ3n) is 6.04. The Balaban J connectivity index is 1.82. The highest BCUT2D eigenvalue weighted by atomic mass is 35.5. The van der Waals surface area contributed by atoms with Crippen LogP contribution in [0.5, 0.6) is 5.75 Å². The Bertz CT molecular complexity index is 949. The number of hydrogen-bond donors (Lipinski definition) is 1. The molecule has 5 nitrogen and oxygen atoms in total. The number of carbonyl (C=O) groups excluding carboxylic acids is 2. The first-order valence-corrected chi connectivity index (χ1v) is 12.3. The van der Waals surface area contributed by atoms with Gasteiger partial charge in [-0.05, 0) is 68.5 Å². The zero-order chi connectivity index (χ0) is 24.0. The fourth-order valence-electron chi connectivity index (χ4n) is 4.38. The standard InChI is InChI=1S/C26H32Cl2N2O3/c1-4-24(26(32)29-19-8-5-6-9-19)30(15-21-22(27)10-7-11-23(21)28)25(31)16-33-20-13-17(2)12-18(3)14-20/h7,10-14,19,24H,4-6,8-9,15-16H2,1-3H3,(H,29,32)/t24-/m0/s1. The second-order valence-electron chi connectivity index (χ2n) is 8.75. The molecule has 1 saturated carbocycles. The van der Waals surface area contributed by atoms with Crippen LogP contribution < -0.4 is 10.1 Å². The summed E-state index contributed by atoms with van der Waals surface area (Å²) in [4.78, 5) is 28.1. The molecule has 178 valence electrons. The Morgan fingerprint density at radius 3 is 2.27 bits per heavy atom. The lowest BCUT2D eigenvalue weighted by atomic mass is 10.1. The Kier molecular flexibility index (Phi) is 9.04. The molecule has 1 aliphatic rings. The maximum Gasteiger partial charge on any atom is 0.261 e. The van der Waals surface area contributed by atoms with Gasteiger partial charge in [-0.15, -0.1) is 0 Å². The number of ether oxygens (including phenoxy) is 1. The molecule has 0 bridgehead atoms. The van der Waals surface area contributed by atoms with E-state index in [0.29, 0.717) is 27.8 Å². The number of hydrogen-bond acceptors (Lipinski definition) is 3. The molecule has 1 atom stereocenters. The molecular weight excluding hydrogens is 459 g/mol. The Morgan fingerprint density at radius 1 is 1.09 bits per heavy atom. The molecule has 2 aromatic rings. The summed E-state index contributed by atoms with van der Waals surface area (Å²) in [7, 11) is 0. The number of aryl methyl sites for hydroxylation is 2. The maximum atomic E-state index is 13.4. The highest BCUT2D eigenvalue weighted by molar-refractivity contribution is 6.36. The number of benzene rings is 2. The molecule has 0 heterocycles. The molecule has 2 amide bonds. The van der Waals surface area contributed by atoms with E-state index in [1.807, 2.05) is 39.0 Å². The van der Waals surface area contributed by atoms with E-state index < -0.39 is 6.04 Å². The summed E-state index contributed by atoms with van der Waals surface area (Å²) in [5.41, 5.74) is 2.73. The molecule has 0 aromatic heterocycles. The van der Waals surface area contributed by atoms with Gasteiger partial charge in [0.15, 0.2) is 6.61 Å². The first-order chi connectivity index (χ1) is 15.8. The van der Waals surface area contributed by atoms with E-state index in [0.717, 1.165) is 36.8 Å². The summed E-state index contributed by atoms with van der Waals surface area (Å²) in [6.07, 6.45) is 4.65. The zero-order valence-corrected chi connectivity index (χ0v) is 21.0. The lowest BCUT2D eigenvalue weighted by molar-refractivity contribution is -0.143. The predicted octanol–water partition coefficient (Wildman–Crippen LogP) is 5.86. The largest absolute Gasteiger partial charge is 0.484 e. The molecule has 1 fully saturated rings. The van der Waals surface area contributed by atoms with Crippen LogP contribution in [0.4, 0.5) is 0 Å². The van der Waals surface area contributed by atoms with E-state index in [1.54, 1.807) is 23.1 Å². The van der Waals surface area contributed by atoms with Gasteiger partial charge in [-0.1, -0.05) is 55.1 Å². The maximum absolute atomic E-state index is 13.4. The van der Waals surface area contributed by atoms with Crippen molar-refractivity contribution >= 4 is 35.0 Å². The van der Waals surface area contributed by atoms with Gasteiger partial charge < -0.3 is 15.0 Å². The Hall–Kier alpha value is -2.24. The molecule has 0 aliphatic heterocycles. The van der Waals surface area contributed by atoms with Gasteiger partial charge >= 0.3 is 0 Å². The van der Waals surface area contributed by atoms with Crippen LogP contribution in [0.3, 0.4) is 0 Å². The van der Waals surface area contributed by atoms with Crippen LogP contribution >= 0.6 is 23.2 Å². The van der Waals surface area contributed by atoms with Crippen molar-refractivity contribution in [2.24, 2.45) is 0 Å². The highest BCUT2D eigenvalue weighted by Gasteiger charge is 2.31. The van der Waals surface area contributed by atoms with Crippen molar-refractivity contribution in [3.05, 3.63) is 63.1 Å². The molecule has 0 radical (unpaired) electrons. The van der Waals surface area contributed by atoms with Gasteiger partial charge in [0, 0.05) is 28.2 Å². The van der Waals surface area contributed by atoms with Crippen molar-refractivity contribution in [2.75, 3.05) is 6.61 Å². The molecule has 0 unspecified atom stereocenters. The second-order valence-corrected chi connectivity index (χ2v) is 9.56. The third-order valence-corrected chi connectivity index (χ3v) is 6.74. The Labute approximate surface area is 206 Å². The number of carbonyl (C=O) groups is 2. The van der Waals surface area contributed by atoms with Crippen molar-refractivity contribution in [2.45, 2.75) is 71.5 Å². The van der Waals surface area contributed by atoms with Gasteiger partial charge in [0.2, 0.25) is 5.91 Å². The number of nitrogens with one attached hydrogen (secondary N) is 1. The van der Waals surface area contributed by atoms with Crippen LogP contribution in [0.15, 0.2) is 36.4 Å². The van der Waals surface area contributed by atoms with E-state index in [9.17, 15) is 9.59 Å². The average molecular weight is 491 g/mol. The summed E-state index contributed by atoms with van der Waals surface area (Å²) >= 11 is 12.8. The van der Waals surface area contributed by atoms with Crippen molar-refractivity contribution in [3.8, 4) is 5.75 Å². The predicted molar refractivity (Wildman–Crippen MR) is 133 cm³/mol. The summed E-state index contributed by atoms with van der Waals surface area (Å²) in [6.45, 7) is 5.81. The summed E-state index contributed by atoms with van der Waals surface area (Å²) in [5, 5.41) is 4.05. The molecule has 2 aromatic carbocycles. The fraction of sp³-hybridized carbons (Fsp3) is 0.462. The monoisotopic (exact) mass is 490 g/mol. The van der Waals surface area contributed by atoms with E-state index >= 15 is 0 Å². The lowest BCUT2D eigenvalue weighted by Gasteiger charge is -2.32. The minimum atomic E-state index is -0.645. The van der Waals surface area contributed by atoms with Crippen molar-refractivity contribution in [1.82, 2.24) is 10.2 Å². The Morgan fingerprint density at radius 2 is 1.70 bits per heavy atom. The highest BCUT2D eigenvalue weighted by Crippen LogP contribution is 2.27. The molecule has 0 spiro atoms. The number of nitrogens with zero attached hydrogens (tertiary/aromatic N) is 1. The van der Waals surface area contributed by atoms with Crippen LogP contribution in [0.2, 0.25) is 10.0 Å². The van der Waals surface area contributed by atoms with Crippen molar-refractivity contribution in [3.63, 3.8) is 0 Å².